The van der Waals surface area contributed by atoms with E-state index >= 15 is 0 Å². The van der Waals surface area contributed by atoms with Crippen molar-refractivity contribution < 1.29 is 14.3 Å². The molecule has 6 nitrogen and oxygen atoms in total. The fourth-order valence-corrected chi connectivity index (χ4v) is 3.84. The van der Waals surface area contributed by atoms with Crippen LogP contribution in [0.15, 0.2) is 18.5 Å². The van der Waals surface area contributed by atoms with Gasteiger partial charge in [-0.25, -0.2) is 0 Å². The smallest absolute Gasteiger partial charge is 0.248 e. The molecule has 2 amide bonds. The lowest BCUT2D eigenvalue weighted by molar-refractivity contribution is -0.135. The van der Waals surface area contributed by atoms with Gasteiger partial charge in [-0.3, -0.25) is 14.6 Å². The molecule has 7 heteroatoms. The van der Waals surface area contributed by atoms with Crippen LogP contribution in [0.5, 0.6) is 0 Å². The number of carbonyl (C=O) groups excluding carboxylic acids is 2. The molecule has 0 aromatic carbocycles. The van der Waals surface area contributed by atoms with E-state index in [1.165, 1.54) is 0 Å². The van der Waals surface area contributed by atoms with Crippen LogP contribution in [-0.4, -0.2) is 53.5 Å². The number of rotatable bonds is 7. The van der Waals surface area contributed by atoms with Gasteiger partial charge in [-0.05, 0) is 43.7 Å². The van der Waals surface area contributed by atoms with Crippen LogP contribution in [0.3, 0.4) is 0 Å². The molecule has 2 aliphatic rings. The summed E-state index contributed by atoms with van der Waals surface area (Å²) in [5.41, 5.74) is 0.607. The molecule has 3 rings (SSSR count). The van der Waals surface area contributed by atoms with Gasteiger partial charge in [0.25, 0.3) is 0 Å². The Labute approximate surface area is 159 Å². The SMILES string of the molecule is CCCOCC(=O)N1CCC(C)(NC(=O)[C@@H]2C[C@H]2c2ccncc2Cl)C1. The minimum atomic E-state index is -0.382. The first-order valence-corrected chi connectivity index (χ1v) is 9.58. The van der Waals surface area contributed by atoms with Crippen LogP contribution < -0.4 is 5.32 Å². The summed E-state index contributed by atoms with van der Waals surface area (Å²) >= 11 is 6.18. The Hall–Kier alpha value is -1.66. The van der Waals surface area contributed by atoms with Gasteiger partial charge in [-0.15, -0.1) is 0 Å². The van der Waals surface area contributed by atoms with Crippen molar-refractivity contribution in [2.45, 2.75) is 44.6 Å². The summed E-state index contributed by atoms with van der Waals surface area (Å²) < 4.78 is 5.33. The molecule has 1 N–H and O–H groups in total. The van der Waals surface area contributed by atoms with Crippen molar-refractivity contribution in [2.24, 2.45) is 5.92 Å². The number of pyridine rings is 1. The van der Waals surface area contributed by atoms with E-state index in [1.54, 1.807) is 17.3 Å². The van der Waals surface area contributed by atoms with Crippen molar-refractivity contribution in [2.75, 3.05) is 26.3 Å². The van der Waals surface area contributed by atoms with Gasteiger partial charge >= 0.3 is 0 Å². The van der Waals surface area contributed by atoms with Crippen LogP contribution in [0.25, 0.3) is 0 Å². The van der Waals surface area contributed by atoms with Crippen LogP contribution >= 0.6 is 11.6 Å². The Morgan fingerprint density at radius 1 is 1.50 bits per heavy atom. The molecule has 1 aliphatic heterocycles. The molecule has 1 aliphatic carbocycles. The Morgan fingerprint density at radius 2 is 2.31 bits per heavy atom. The quantitative estimate of drug-likeness (QED) is 0.738. The summed E-state index contributed by atoms with van der Waals surface area (Å²) in [5.74, 6) is 0.145. The van der Waals surface area contributed by atoms with Gasteiger partial charge in [0.1, 0.15) is 6.61 Å². The van der Waals surface area contributed by atoms with Crippen molar-refractivity contribution in [3.05, 3.63) is 29.0 Å². The zero-order valence-electron chi connectivity index (χ0n) is 15.3. The Bertz CT molecular complexity index is 684. The maximum atomic E-state index is 12.7. The Morgan fingerprint density at radius 3 is 3.04 bits per heavy atom. The standard InChI is InChI=1S/C19H26ClN3O3/c1-3-8-26-11-17(24)23-7-5-19(2,12-23)22-18(25)15-9-14(15)13-4-6-21-10-16(13)20/h4,6,10,14-15H,3,5,7-9,11-12H2,1-2H3,(H,22,25)/t14-,15+,19?/m0/s1. The first-order chi connectivity index (χ1) is 12.4. The number of amides is 2. The lowest BCUT2D eigenvalue weighted by Gasteiger charge is -2.26. The number of hydrogen-bond acceptors (Lipinski definition) is 4. The van der Waals surface area contributed by atoms with Gasteiger partial charge in [0.2, 0.25) is 11.8 Å². The van der Waals surface area contributed by atoms with Crippen LogP contribution in [0.1, 0.15) is 44.6 Å². The second-order valence-electron chi connectivity index (χ2n) is 7.51. The van der Waals surface area contributed by atoms with Gasteiger partial charge < -0.3 is 15.0 Å². The fraction of sp³-hybridized carbons (Fsp3) is 0.632. The molecule has 1 saturated heterocycles. The first-order valence-electron chi connectivity index (χ1n) is 9.20. The van der Waals surface area contributed by atoms with E-state index in [-0.39, 0.29) is 35.8 Å². The summed E-state index contributed by atoms with van der Waals surface area (Å²) in [6, 6.07) is 1.88. The molecule has 0 spiro atoms. The van der Waals surface area contributed by atoms with Crippen LogP contribution in [-0.2, 0) is 14.3 Å². The molecule has 1 aromatic rings. The second-order valence-corrected chi connectivity index (χ2v) is 7.92. The van der Waals surface area contributed by atoms with E-state index in [1.807, 2.05) is 19.9 Å². The molecule has 1 aromatic heterocycles. The number of ether oxygens (including phenoxy) is 1. The molecule has 2 fully saturated rings. The normalized spacial score (nSPS) is 27.4. The topological polar surface area (TPSA) is 71.5 Å². The molecule has 26 heavy (non-hydrogen) atoms. The van der Waals surface area contributed by atoms with Gasteiger partial charge in [-0.1, -0.05) is 18.5 Å². The molecule has 0 bridgehead atoms. The zero-order chi connectivity index (χ0) is 18.7. The highest BCUT2D eigenvalue weighted by atomic mass is 35.5. The lowest BCUT2D eigenvalue weighted by atomic mass is 10.0. The number of halogens is 1. The van der Waals surface area contributed by atoms with Gasteiger partial charge in [0.15, 0.2) is 0 Å². The highest BCUT2D eigenvalue weighted by molar-refractivity contribution is 6.31. The lowest BCUT2D eigenvalue weighted by Crippen LogP contribution is -2.49. The molecule has 1 saturated carbocycles. The first kappa shape index (κ1) is 19.1. The van der Waals surface area contributed by atoms with Crippen molar-refractivity contribution in [3.63, 3.8) is 0 Å². The van der Waals surface area contributed by atoms with E-state index in [4.69, 9.17) is 16.3 Å². The van der Waals surface area contributed by atoms with Gasteiger partial charge in [0.05, 0.1) is 10.6 Å². The van der Waals surface area contributed by atoms with Crippen molar-refractivity contribution in [1.82, 2.24) is 15.2 Å². The molecular weight excluding hydrogens is 354 g/mol. The van der Waals surface area contributed by atoms with E-state index in [2.05, 4.69) is 10.3 Å². The molecule has 142 valence electrons. The van der Waals surface area contributed by atoms with E-state index < -0.39 is 0 Å². The molecule has 0 radical (unpaired) electrons. The summed E-state index contributed by atoms with van der Waals surface area (Å²) in [7, 11) is 0. The van der Waals surface area contributed by atoms with E-state index in [9.17, 15) is 9.59 Å². The molecule has 3 atom stereocenters. The number of likely N-dealkylation sites (tertiary alicyclic amines) is 1. The fourth-order valence-electron chi connectivity index (χ4n) is 3.58. The summed E-state index contributed by atoms with van der Waals surface area (Å²) in [6.45, 7) is 5.90. The van der Waals surface area contributed by atoms with Crippen molar-refractivity contribution >= 4 is 23.4 Å². The van der Waals surface area contributed by atoms with Crippen molar-refractivity contribution in [3.8, 4) is 0 Å². The Balaban J connectivity index is 1.51. The molecule has 1 unspecified atom stereocenters. The van der Waals surface area contributed by atoms with E-state index in [0.29, 0.717) is 24.7 Å². The minimum absolute atomic E-state index is 0.00992. The summed E-state index contributed by atoms with van der Waals surface area (Å²) in [5, 5.41) is 3.77. The average Bonchev–Trinajstić information content (AvgIpc) is 3.31. The number of nitrogens with zero attached hydrogens (tertiary/aromatic N) is 2. The monoisotopic (exact) mass is 379 g/mol. The maximum Gasteiger partial charge on any atom is 0.248 e. The van der Waals surface area contributed by atoms with Gasteiger partial charge in [-0.2, -0.15) is 0 Å². The summed E-state index contributed by atoms with van der Waals surface area (Å²) in [4.78, 5) is 30.6. The maximum absolute atomic E-state index is 12.7. The molecule has 2 heterocycles. The minimum Gasteiger partial charge on any atom is -0.372 e. The predicted octanol–water partition coefficient (Wildman–Crippen LogP) is 2.37. The number of nitrogens with one attached hydrogen (secondary N) is 1. The number of carbonyl (C=O) groups is 2. The van der Waals surface area contributed by atoms with Crippen LogP contribution in [0.2, 0.25) is 5.02 Å². The average molecular weight is 380 g/mol. The predicted molar refractivity (Wildman–Crippen MR) is 98.9 cm³/mol. The highest BCUT2D eigenvalue weighted by Crippen LogP contribution is 2.49. The molecular formula is C19H26ClN3O3. The zero-order valence-corrected chi connectivity index (χ0v) is 16.1. The largest absolute Gasteiger partial charge is 0.372 e. The van der Waals surface area contributed by atoms with Gasteiger partial charge in [0, 0.05) is 38.0 Å². The third kappa shape index (κ3) is 4.35. The number of aromatic nitrogens is 1. The van der Waals surface area contributed by atoms with Crippen LogP contribution in [0.4, 0.5) is 0 Å². The van der Waals surface area contributed by atoms with Crippen molar-refractivity contribution in [1.29, 1.82) is 0 Å². The Kier molecular flexibility index (Phi) is 5.82. The highest BCUT2D eigenvalue weighted by Gasteiger charge is 2.47. The van der Waals surface area contributed by atoms with E-state index in [0.717, 1.165) is 24.8 Å². The number of hydrogen-bond donors (Lipinski definition) is 1. The van der Waals surface area contributed by atoms with Crippen LogP contribution in [0, 0.1) is 5.92 Å². The second kappa shape index (κ2) is 7.92. The third-order valence-corrected chi connectivity index (χ3v) is 5.47. The third-order valence-electron chi connectivity index (χ3n) is 5.16. The summed E-state index contributed by atoms with van der Waals surface area (Å²) in [6.07, 6.45) is 5.78.